The predicted octanol–water partition coefficient (Wildman–Crippen LogP) is 3.78. The van der Waals surface area contributed by atoms with Crippen LogP contribution in [0.4, 0.5) is 5.69 Å². The van der Waals surface area contributed by atoms with Crippen LogP contribution in [0.2, 0.25) is 0 Å². The van der Waals surface area contributed by atoms with E-state index in [0.29, 0.717) is 11.4 Å². The zero-order valence-electron chi connectivity index (χ0n) is 11.8. The molecule has 0 bridgehead atoms. The number of benzene rings is 1. The first-order valence-corrected chi connectivity index (χ1v) is 6.83. The Morgan fingerprint density at radius 2 is 2.11 bits per heavy atom. The zero-order chi connectivity index (χ0) is 13.0. The Balaban J connectivity index is 0.00000180. The molecule has 4 heteroatoms. The Bertz CT molecular complexity index is 439. The highest BCUT2D eigenvalue weighted by Crippen LogP contribution is 2.48. The average Bonchev–Trinajstić information content (AvgIpc) is 3.17. The zero-order valence-corrected chi connectivity index (χ0v) is 14.1. The third kappa shape index (κ3) is 4.67. The van der Waals surface area contributed by atoms with Crippen molar-refractivity contribution in [3.8, 4) is 0 Å². The lowest BCUT2D eigenvalue weighted by atomic mass is 10.1. The molecular formula is C15H24IN3. The number of aryl methyl sites for hydroxylation is 1. The van der Waals surface area contributed by atoms with Gasteiger partial charge in [-0.25, -0.2) is 0 Å². The summed E-state index contributed by atoms with van der Waals surface area (Å²) in [7, 11) is 0. The van der Waals surface area contributed by atoms with Gasteiger partial charge in [0.2, 0.25) is 0 Å². The van der Waals surface area contributed by atoms with Gasteiger partial charge in [0.1, 0.15) is 0 Å². The molecule has 106 valence electrons. The largest absolute Gasteiger partial charge is 0.370 e. The number of hydrogen-bond donors (Lipinski definition) is 2. The Labute approximate surface area is 133 Å². The van der Waals surface area contributed by atoms with Crippen molar-refractivity contribution in [3.05, 3.63) is 29.8 Å². The lowest BCUT2D eigenvalue weighted by Crippen LogP contribution is -2.24. The van der Waals surface area contributed by atoms with E-state index in [1.807, 2.05) is 12.1 Å². The van der Waals surface area contributed by atoms with E-state index < -0.39 is 0 Å². The molecule has 3 N–H and O–H groups in total. The lowest BCUT2D eigenvalue weighted by molar-refractivity contribution is 0.506. The van der Waals surface area contributed by atoms with E-state index >= 15 is 0 Å². The van der Waals surface area contributed by atoms with Crippen molar-refractivity contribution in [2.75, 3.05) is 11.9 Å². The summed E-state index contributed by atoms with van der Waals surface area (Å²) in [4.78, 5) is 4.46. The number of anilines is 1. The molecule has 1 saturated carbocycles. The molecule has 1 aromatic rings. The molecule has 0 atom stereocenters. The maximum Gasteiger partial charge on any atom is 0.193 e. The van der Waals surface area contributed by atoms with E-state index in [-0.39, 0.29) is 24.0 Å². The van der Waals surface area contributed by atoms with Gasteiger partial charge >= 0.3 is 0 Å². The molecular weight excluding hydrogens is 349 g/mol. The van der Waals surface area contributed by atoms with Crippen molar-refractivity contribution in [3.63, 3.8) is 0 Å². The highest BCUT2D eigenvalue weighted by Gasteiger charge is 2.40. The fourth-order valence-electron chi connectivity index (χ4n) is 2.11. The van der Waals surface area contributed by atoms with Gasteiger partial charge in [0.15, 0.2) is 5.96 Å². The van der Waals surface area contributed by atoms with Gasteiger partial charge in [0.05, 0.1) is 0 Å². The SMILES string of the molecule is CCc1cccc(NC(N)=NCC2(CC)CC2)c1.I. The molecule has 1 aromatic carbocycles. The summed E-state index contributed by atoms with van der Waals surface area (Å²) < 4.78 is 0. The van der Waals surface area contributed by atoms with Crippen molar-refractivity contribution in [2.24, 2.45) is 16.1 Å². The second kappa shape index (κ2) is 7.12. The van der Waals surface area contributed by atoms with E-state index in [1.165, 1.54) is 24.8 Å². The number of nitrogens with one attached hydrogen (secondary N) is 1. The van der Waals surface area contributed by atoms with E-state index in [1.54, 1.807) is 0 Å². The lowest BCUT2D eigenvalue weighted by Gasteiger charge is -2.10. The summed E-state index contributed by atoms with van der Waals surface area (Å²) in [6, 6.07) is 8.31. The summed E-state index contributed by atoms with van der Waals surface area (Å²) in [5.41, 5.74) is 8.71. The number of guanidine groups is 1. The van der Waals surface area contributed by atoms with Gasteiger partial charge in [-0.1, -0.05) is 26.0 Å². The van der Waals surface area contributed by atoms with E-state index in [4.69, 9.17) is 5.73 Å². The summed E-state index contributed by atoms with van der Waals surface area (Å²) in [6.45, 7) is 5.24. The molecule has 19 heavy (non-hydrogen) atoms. The predicted molar refractivity (Wildman–Crippen MR) is 93.3 cm³/mol. The highest BCUT2D eigenvalue weighted by molar-refractivity contribution is 14.0. The molecule has 1 aliphatic carbocycles. The number of nitrogens with zero attached hydrogens (tertiary/aromatic N) is 1. The summed E-state index contributed by atoms with van der Waals surface area (Å²) in [5, 5.41) is 3.17. The number of halogens is 1. The van der Waals surface area contributed by atoms with Gasteiger partial charge in [0, 0.05) is 12.2 Å². The van der Waals surface area contributed by atoms with Crippen molar-refractivity contribution >= 4 is 35.6 Å². The molecule has 1 aliphatic rings. The molecule has 2 rings (SSSR count). The van der Waals surface area contributed by atoms with Gasteiger partial charge in [0.25, 0.3) is 0 Å². The molecule has 0 unspecified atom stereocenters. The third-order valence-corrected chi connectivity index (χ3v) is 3.90. The van der Waals surface area contributed by atoms with Crippen LogP contribution in [-0.4, -0.2) is 12.5 Å². The first kappa shape index (κ1) is 16.3. The second-order valence-corrected chi connectivity index (χ2v) is 5.23. The molecule has 0 spiro atoms. The normalized spacial score (nSPS) is 16.6. The number of hydrogen-bond acceptors (Lipinski definition) is 1. The number of rotatable bonds is 5. The minimum absolute atomic E-state index is 0. The molecule has 0 aromatic heterocycles. The van der Waals surface area contributed by atoms with Crippen LogP contribution in [-0.2, 0) is 6.42 Å². The second-order valence-electron chi connectivity index (χ2n) is 5.23. The Morgan fingerprint density at radius 1 is 1.37 bits per heavy atom. The molecule has 3 nitrogen and oxygen atoms in total. The Morgan fingerprint density at radius 3 is 2.68 bits per heavy atom. The first-order valence-electron chi connectivity index (χ1n) is 6.83. The Kier molecular flexibility index (Phi) is 6.10. The number of aliphatic imine (C=N–C) groups is 1. The van der Waals surface area contributed by atoms with Crippen molar-refractivity contribution < 1.29 is 0 Å². The van der Waals surface area contributed by atoms with Crippen molar-refractivity contribution in [1.82, 2.24) is 0 Å². The molecule has 0 amide bonds. The van der Waals surface area contributed by atoms with Crippen LogP contribution < -0.4 is 11.1 Å². The van der Waals surface area contributed by atoms with Gasteiger partial charge in [-0.3, -0.25) is 4.99 Å². The quantitative estimate of drug-likeness (QED) is 0.469. The van der Waals surface area contributed by atoms with Crippen LogP contribution in [0.1, 0.15) is 38.7 Å². The summed E-state index contributed by atoms with van der Waals surface area (Å²) in [6.07, 6.45) is 4.83. The summed E-state index contributed by atoms with van der Waals surface area (Å²) >= 11 is 0. The van der Waals surface area contributed by atoms with Crippen molar-refractivity contribution in [1.29, 1.82) is 0 Å². The van der Waals surface area contributed by atoms with E-state index in [0.717, 1.165) is 18.7 Å². The fraction of sp³-hybridized carbons (Fsp3) is 0.533. The molecule has 0 radical (unpaired) electrons. The van der Waals surface area contributed by atoms with Crippen LogP contribution in [0.3, 0.4) is 0 Å². The van der Waals surface area contributed by atoms with Crippen LogP contribution in [0.25, 0.3) is 0 Å². The molecule has 0 aliphatic heterocycles. The third-order valence-electron chi connectivity index (χ3n) is 3.90. The van der Waals surface area contributed by atoms with Gasteiger partial charge in [-0.05, 0) is 48.8 Å². The monoisotopic (exact) mass is 373 g/mol. The van der Waals surface area contributed by atoms with Gasteiger partial charge < -0.3 is 11.1 Å². The maximum atomic E-state index is 5.93. The van der Waals surface area contributed by atoms with E-state index in [2.05, 4.69) is 36.3 Å². The standard InChI is InChI=1S/C15H23N3.HI/c1-3-12-6-5-7-13(10-12)18-14(16)17-11-15(4-2)8-9-15;/h5-7,10H,3-4,8-9,11H2,1-2H3,(H3,16,17,18);1H. The smallest absolute Gasteiger partial charge is 0.193 e. The number of nitrogens with two attached hydrogens (primary N) is 1. The molecule has 0 heterocycles. The maximum absolute atomic E-state index is 5.93. The minimum atomic E-state index is 0. The van der Waals surface area contributed by atoms with Gasteiger partial charge in [-0.2, -0.15) is 0 Å². The summed E-state index contributed by atoms with van der Waals surface area (Å²) in [5.74, 6) is 0.531. The Hall–Kier alpha value is -0.780. The van der Waals surface area contributed by atoms with Crippen LogP contribution in [0, 0.1) is 5.41 Å². The topological polar surface area (TPSA) is 50.4 Å². The van der Waals surface area contributed by atoms with Crippen LogP contribution >= 0.6 is 24.0 Å². The minimum Gasteiger partial charge on any atom is -0.370 e. The molecule has 0 saturated heterocycles. The average molecular weight is 373 g/mol. The van der Waals surface area contributed by atoms with Gasteiger partial charge in [-0.15, -0.1) is 24.0 Å². The highest BCUT2D eigenvalue weighted by atomic mass is 127. The van der Waals surface area contributed by atoms with E-state index in [9.17, 15) is 0 Å². The van der Waals surface area contributed by atoms with Crippen LogP contribution in [0.15, 0.2) is 29.3 Å². The molecule has 1 fully saturated rings. The van der Waals surface area contributed by atoms with Crippen molar-refractivity contribution in [2.45, 2.75) is 39.5 Å². The van der Waals surface area contributed by atoms with Crippen LogP contribution in [0.5, 0.6) is 0 Å². The first-order chi connectivity index (χ1) is 8.67. The fourth-order valence-corrected chi connectivity index (χ4v) is 2.11.